The van der Waals surface area contributed by atoms with Crippen LogP contribution in [0.4, 0.5) is 0 Å². The van der Waals surface area contributed by atoms with Crippen molar-refractivity contribution in [3.05, 3.63) is 149 Å². The summed E-state index contributed by atoms with van der Waals surface area (Å²) in [4.78, 5) is 0. The van der Waals surface area contributed by atoms with Gasteiger partial charge in [0.25, 0.3) is 0 Å². The second-order valence-electron chi connectivity index (χ2n) is 8.04. The molecule has 0 saturated heterocycles. The zero-order chi connectivity index (χ0) is 21.3. The van der Waals surface area contributed by atoms with Crippen LogP contribution in [0.25, 0.3) is 16.7 Å². The second-order valence-corrected chi connectivity index (χ2v) is 8.04. The van der Waals surface area contributed by atoms with E-state index in [-0.39, 0.29) is 0 Å². The Hall–Kier alpha value is -3.68. The van der Waals surface area contributed by atoms with Crippen molar-refractivity contribution in [2.45, 2.75) is 12.5 Å². The Kier molecular flexibility index (Phi) is 4.89. The molecule has 1 aliphatic rings. The molecule has 31 heavy (non-hydrogen) atoms. The van der Waals surface area contributed by atoms with E-state index in [2.05, 4.69) is 84.9 Å². The van der Waals surface area contributed by atoms with E-state index in [1.807, 2.05) is 43.3 Å². The number of aliphatic hydroxyl groups is 1. The molecular formula is C30H24O. The number of benzene rings is 4. The molecule has 1 atom stereocenters. The van der Waals surface area contributed by atoms with Gasteiger partial charge < -0.3 is 5.11 Å². The van der Waals surface area contributed by atoms with Crippen LogP contribution in [0.2, 0.25) is 0 Å². The summed E-state index contributed by atoms with van der Waals surface area (Å²) < 4.78 is 0. The summed E-state index contributed by atoms with van der Waals surface area (Å²) in [6.45, 7) is 1.92. The molecule has 0 heterocycles. The zero-order valence-corrected chi connectivity index (χ0v) is 17.5. The van der Waals surface area contributed by atoms with Gasteiger partial charge in [-0.3, -0.25) is 0 Å². The Morgan fingerprint density at radius 2 is 0.935 bits per heavy atom. The molecule has 0 amide bonds. The van der Waals surface area contributed by atoms with E-state index >= 15 is 0 Å². The second kappa shape index (κ2) is 7.86. The van der Waals surface area contributed by atoms with E-state index in [0.29, 0.717) is 0 Å². The molecule has 0 aromatic heterocycles. The van der Waals surface area contributed by atoms with Gasteiger partial charge in [-0.1, -0.05) is 121 Å². The maximum Gasteiger partial charge on any atom is 0.114 e. The van der Waals surface area contributed by atoms with Crippen LogP contribution < -0.4 is 0 Å². The number of hydrogen-bond acceptors (Lipinski definition) is 1. The standard InChI is InChI=1S/C30H24O/c1-30(31)28(25-20-12-5-13-21-25)27(24-18-10-4-11-19-24)29(30)26(22-14-6-2-7-15-22)23-16-8-3-9-17-23/h2-21,31H,1H3. The lowest BCUT2D eigenvalue weighted by Crippen LogP contribution is -2.39. The lowest BCUT2D eigenvalue weighted by Gasteiger charge is -2.45. The minimum absolute atomic E-state index is 0.968. The van der Waals surface area contributed by atoms with Gasteiger partial charge in [0, 0.05) is 11.1 Å². The van der Waals surface area contributed by atoms with Crippen LogP contribution in [0.15, 0.2) is 127 Å². The van der Waals surface area contributed by atoms with Gasteiger partial charge in [-0.15, -0.1) is 0 Å². The Morgan fingerprint density at radius 3 is 1.39 bits per heavy atom. The molecule has 0 saturated carbocycles. The summed E-state index contributed by atoms with van der Waals surface area (Å²) in [6.07, 6.45) is 0. The van der Waals surface area contributed by atoms with Gasteiger partial charge in [-0.25, -0.2) is 0 Å². The van der Waals surface area contributed by atoms with Gasteiger partial charge in [0.05, 0.1) is 0 Å². The maximum atomic E-state index is 11.9. The summed E-state index contributed by atoms with van der Waals surface area (Å²) in [7, 11) is 0. The molecule has 4 aromatic rings. The average molecular weight is 401 g/mol. The highest BCUT2D eigenvalue weighted by atomic mass is 16.3. The van der Waals surface area contributed by atoms with Crippen molar-refractivity contribution in [3.63, 3.8) is 0 Å². The summed E-state index contributed by atoms with van der Waals surface area (Å²) in [5.74, 6) is 0. The van der Waals surface area contributed by atoms with Gasteiger partial charge in [0.1, 0.15) is 5.60 Å². The number of rotatable bonds is 4. The molecule has 4 aromatic carbocycles. The normalized spacial score (nSPS) is 17.9. The summed E-state index contributed by atoms with van der Waals surface area (Å²) in [5, 5.41) is 11.9. The van der Waals surface area contributed by atoms with Crippen LogP contribution in [-0.2, 0) is 0 Å². The smallest absolute Gasteiger partial charge is 0.114 e. The molecular weight excluding hydrogens is 376 g/mol. The van der Waals surface area contributed by atoms with E-state index in [4.69, 9.17) is 0 Å². The third-order valence-corrected chi connectivity index (χ3v) is 5.97. The van der Waals surface area contributed by atoms with Crippen LogP contribution >= 0.6 is 0 Å². The summed E-state index contributed by atoms with van der Waals surface area (Å²) >= 11 is 0. The molecule has 1 aliphatic carbocycles. The van der Waals surface area contributed by atoms with Gasteiger partial charge in [0.15, 0.2) is 0 Å². The van der Waals surface area contributed by atoms with Crippen LogP contribution in [-0.4, -0.2) is 10.7 Å². The molecule has 0 bridgehead atoms. The van der Waals surface area contributed by atoms with Crippen molar-refractivity contribution >= 4 is 16.7 Å². The van der Waals surface area contributed by atoms with Crippen molar-refractivity contribution in [3.8, 4) is 0 Å². The Morgan fingerprint density at radius 1 is 0.548 bits per heavy atom. The van der Waals surface area contributed by atoms with Crippen LogP contribution in [0.5, 0.6) is 0 Å². The van der Waals surface area contributed by atoms with Gasteiger partial charge in [-0.2, -0.15) is 0 Å². The lowest BCUT2D eigenvalue weighted by molar-refractivity contribution is 0.158. The summed E-state index contributed by atoms with van der Waals surface area (Å²) in [6, 6.07) is 41.3. The Bertz CT molecular complexity index is 1210. The SMILES string of the molecule is CC1(O)C(=C(c2ccccc2)c2ccccc2)C(c2ccccc2)=C1c1ccccc1. The molecule has 0 spiro atoms. The van der Waals surface area contributed by atoms with E-state index in [1.54, 1.807) is 0 Å². The van der Waals surface area contributed by atoms with Gasteiger partial charge in [-0.05, 0) is 40.3 Å². The first-order valence-corrected chi connectivity index (χ1v) is 10.6. The van der Waals surface area contributed by atoms with Crippen LogP contribution in [0, 0.1) is 0 Å². The monoisotopic (exact) mass is 400 g/mol. The van der Waals surface area contributed by atoms with Gasteiger partial charge >= 0.3 is 0 Å². The van der Waals surface area contributed by atoms with Crippen LogP contribution in [0.1, 0.15) is 29.2 Å². The van der Waals surface area contributed by atoms with E-state index < -0.39 is 5.60 Å². The van der Waals surface area contributed by atoms with E-state index in [1.165, 1.54) is 0 Å². The molecule has 0 aliphatic heterocycles. The predicted molar refractivity (Wildman–Crippen MR) is 129 cm³/mol. The molecule has 5 rings (SSSR count). The molecule has 0 radical (unpaired) electrons. The maximum absolute atomic E-state index is 11.9. The summed E-state index contributed by atoms with van der Waals surface area (Å²) in [5.41, 5.74) is 7.42. The highest BCUT2D eigenvalue weighted by Crippen LogP contribution is 2.57. The minimum atomic E-state index is -1.08. The molecule has 0 fully saturated rings. The van der Waals surface area contributed by atoms with Crippen molar-refractivity contribution in [2.24, 2.45) is 0 Å². The van der Waals surface area contributed by atoms with E-state index in [0.717, 1.165) is 44.5 Å². The third-order valence-electron chi connectivity index (χ3n) is 5.97. The Balaban J connectivity index is 1.88. The first kappa shape index (κ1) is 19.3. The lowest BCUT2D eigenvalue weighted by atomic mass is 9.62. The largest absolute Gasteiger partial charge is 0.381 e. The Labute approximate surface area is 183 Å². The highest BCUT2D eigenvalue weighted by molar-refractivity contribution is 6.17. The van der Waals surface area contributed by atoms with Crippen molar-refractivity contribution < 1.29 is 5.11 Å². The molecule has 1 unspecified atom stereocenters. The first-order valence-electron chi connectivity index (χ1n) is 10.6. The quantitative estimate of drug-likeness (QED) is 0.396. The van der Waals surface area contributed by atoms with Crippen molar-refractivity contribution in [1.82, 2.24) is 0 Å². The fourth-order valence-corrected chi connectivity index (χ4v) is 4.63. The molecule has 1 N–H and O–H groups in total. The topological polar surface area (TPSA) is 20.2 Å². The zero-order valence-electron chi connectivity index (χ0n) is 17.5. The third kappa shape index (κ3) is 3.34. The first-order chi connectivity index (χ1) is 15.2. The highest BCUT2D eigenvalue weighted by Gasteiger charge is 2.47. The molecule has 150 valence electrons. The van der Waals surface area contributed by atoms with Crippen LogP contribution in [0.3, 0.4) is 0 Å². The molecule has 1 heteroatoms. The predicted octanol–water partition coefficient (Wildman–Crippen LogP) is 6.86. The van der Waals surface area contributed by atoms with Crippen molar-refractivity contribution in [2.75, 3.05) is 0 Å². The fourth-order valence-electron chi connectivity index (χ4n) is 4.63. The average Bonchev–Trinajstić information content (AvgIpc) is 2.83. The fraction of sp³-hybridized carbons (Fsp3) is 0.0667. The van der Waals surface area contributed by atoms with Crippen molar-refractivity contribution in [1.29, 1.82) is 0 Å². The van der Waals surface area contributed by atoms with E-state index in [9.17, 15) is 5.11 Å². The van der Waals surface area contributed by atoms with Gasteiger partial charge in [0.2, 0.25) is 0 Å². The minimum Gasteiger partial charge on any atom is -0.381 e. The number of hydrogen-bond donors (Lipinski definition) is 1. The molecule has 1 nitrogen and oxygen atoms in total.